The Bertz CT molecular complexity index is 442. The molecule has 0 aliphatic rings. The van der Waals surface area contributed by atoms with Gasteiger partial charge in [0.2, 0.25) is 0 Å². The molecule has 0 aliphatic carbocycles. The summed E-state index contributed by atoms with van der Waals surface area (Å²) >= 11 is 0. The fraction of sp³-hybridized carbons (Fsp3) is 0.429. The summed E-state index contributed by atoms with van der Waals surface area (Å²) in [5.74, 6) is -1.13. The van der Waals surface area contributed by atoms with E-state index < -0.39 is 5.97 Å². The van der Waals surface area contributed by atoms with Gasteiger partial charge in [-0.05, 0) is 38.5 Å². The fourth-order valence-corrected chi connectivity index (χ4v) is 1.83. The predicted molar refractivity (Wildman–Crippen MR) is 69.9 cm³/mol. The molecule has 1 unspecified atom stereocenters. The smallest absolute Gasteiger partial charge is 0.335 e. The van der Waals surface area contributed by atoms with E-state index in [0.29, 0.717) is 12.1 Å². The zero-order valence-corrected chi connectivity index (χ0v) is 11.0. The lowest BCUT2D eigenvalue weighted by molar-refractivity contribution is 0.0697. The Morgan fingerprint density at radius 3 is 2.39 bits per heavy atom. The minimum atomic E-state index is -1.02. The van der Waals surface area contributed by atoms with Crippen LogP contribution in [0, 0.1) is 0 Å². The summed E-state index contributed by atoms with van der Waals surface area (Å²) in [6.07, 6.45) is 0.873. The Morgan fingerprint density at radius 2 is 1.89 bits per heavy atom. The first kappa shape index (κ1) is 14.2. The molecule has 0 fully saturated rings. The van der Waals surface area contributed by atoms with Crippen molar-refractivity contribution >= 4 is 11.9 Å². The monoisotopic (exact) mass is 249 g/mol. The number of aromatic carboxylic acids is 1. The van der Waals surface area contributed by atoms with Crippen LogP contribution in [-0.4, -0.2) is 34.5 Å². The number of benzene rings is 1. The van der Waals surface area contributed by atoms with Crippen molar-refractivity contribution in [1.82, 2.24) is 4.90 Å². The third-order valence-electron chi connectivity index (χ3n) is 3.08. The van der Waals surface area contributed by atoms with Gasteiger partial charge in [-0.1, -0.05) is 13.0 Å². The number of carboxylic acid groups (broad SMARTS) is 1. The van der Waals surface area contributed by atoms with Gasteiger partial charge in [-0.15, -0.1) is 0 Å². The third-order valence-corrected chi connectivity index (χ3v) is 3.08. The summed E-state index contributed by atoms with van der Waals surface area (Å²) in [6.45, 7) is 6.55. The molecule has 0 saturated heterocycles. The van der Waals surface area contributed by atoms with E-state index in [0.717, 1.165) is 6.42 Å². The molecule has 0 bridgehead atoms. The maximum Gasteiger partial charge on any atom is 0.335 e. The molecule has 4 nitrogen and oxygen atoms in total. The van der Waals surface area contributed by atoms with Crippen LogP contribution in [0.25, 0.3) is 0 Å². The average Bonchev–Trinajstić information content (AvgIpc) is 2.39. The topological polar surface area (TPSA) is 57.6 Å². The van der Waals surface area contributed by atoms with Gasteiger partial charge in [0.1, 0.15) is 0 Å². The minimum Gasteiger partial charge on any atom is -0.478 e. The number of hydrogen-bond donors (Lipinski definition) is 1. The maximum atomic E-state index is 12.3. The molecule has 1 N–H and O–H groups in total. The third kappa shape index (κ3) is 3.09. The van der Waals surface area contributed by atoms with E-state index in [9.17, 15) is 9.59 Å². The molecule has 4 heteroatoms. The van der Waals surface area contributed by atoms with Crippen molar-refractivity contribution in [2.45, 2.75) is 33.2 Å². The highest BCUT2D eigenvalue weighted by atomic mass is 16.4. The van der Waals surface area contributed by atoms with Gasteiger partial charge in [0.25, 0.3) is 5.91 Å². The molecule has 1 aromatic rings. The highest BCUT2D eigenvalue weighted by molar-refractivity contribution is 5.97. The average molecular weight is 249 g/mol. The van der Waals surface area contributed by atoms with Gasteiger partial charge in [0.05, 0.1) is 5.56 Å². The number of carbonyl (C=O) groups is 2. The first-order valence-electron chi connectivity index (χ1n) is 6.15. The lowest BCUT2D eigenvalue weighted by atomic mass is 10.1. The molecule has 18 heavy (non-hydrogen) atoms. The number of carbonyl (C=O) groups excluding carboxylic acids is 1. The van der Waals surface area contributed by atoms with Crippen LogP contribution >= 0.6 is 0 Å². The van der Waals surface area contributed by atoms with Gasteiger partial charge in [-0.2, -0.15) is 0 Å². The molecule has 1 atom stereocenters. The first-order valence-corrected chi connectivity index (χ1v) is 6.15. The van der Waals surface area contributed by atoms with Crippen molar-refractivity contribution in [3.8, 4) is 0 Å². The molecular formula is C14H19NO3. The molecule has 0 radical (unpaired) electrons. The summed E-state index contributed by atoms with van der Waals surface area (Å²) in [5.41, 5.74) is 0.568. The molecule has 0 saturated carbocycles. The van der Waals surface area contributed by atoms with Crippen molar-refractivity contribution in [2.75, 3.05) is 6.54 Å². The van der Waals surface area contributed by atoms with Gasteiger partial charge in [0, 0.05) is 18.2 Å². The van der Waals surface area contributed by atoms with E-state index >= 15 is 0 Å². The first-order chi connectivity index (χ1) is 8.51. The van der Waals surface area contributed by atoms with Crippen LogP contribution < -0.4 is 0 Å². The highest BCUT2D eigenvalue weighted by Gasteiger charge is 2.19. The van der Waals surface area contributed by atoms with E-state index in [1.807, 2.05) is 20.8 Å². The van der Waals surface area contributed by atoms with Crippen LogP contribution in [0.4, 0.5) is 0 Å². The highest BCUT2D eigenvalue weighted by Crippen LogP contribution is 2.12. The normalized spacial score (nSPS) is 11.9. The number of hydrogen-bond acceptors (Lipinski definition) is 2. The standard InChI is InChI=1S/C14H19NO3/c1-4-10(3)15(5-2)13(16)11-7-6-8-12(9-11)14(17)18/h6-10H,4-5H2,1-3H3,(H,17,18). The van der Waals surface area contributed by atoms with E-state index in [4.69, 9.17) is 5.11 Å². The second-order valence-corrected chi connectivity index (χ2v) is 4.23. The van der Waals surface area contributed by atoms with Gasteiger partial charge >= 0.3 is 5.97 Å². The Morgan fingerprint density at radius 1 is 1.28 bits per heavy atom. The van der Waals surface area contributed by atoms with Crippen molar-refractivity contribution in [3.63, 3.8) is 0 Å². The fourth-order valence-electron chi connectivity index (χ4n) is 1.83. The molecule has 1 aromatic carbocycles. The van der Waals surface area contributed by atoms with E-state index in [1.165, 1.54) is 12.1 Å². The van der Waals surface area contributed by atoms with Crippen LogP contribution in [0.2, 0.25) is 0 Å². The van der Waals surface area contributed by atoms with Crippen LogP contribution in [0.1, 0.15) is 47.9 Å². The predicted octanol–water partition coefficient (Wildman–Crippen LogP) is 2.65. The van der Waals surface area contributed by atoms with Crippen molar-refractivity contribution in [3.05, 3.63) is 35.4 Å². The number of amides is 1. The van der Waals surface area contributed by atoms with Crippen LogP contribution in [0.5, 0.6) is 0 Å². The largest absolute Gasteiger partial charge is 0.478 e. The van der Waals surface area contributed by atoms with E-state index in [1.54, 1.807) is 17.0 Å². The van der Waals surface area contributed by atoms with Crippen LogP contribution in [0.3, 0.4) is 0 Å². The number of rotatable bonds is 5. The molecular weight excluding hydrogens is 230 g/mol. The lowest BCUT2D eigenvalue weighted by Crippen LogP contribution is -2.38. The second-order valence-electron chi connectivity index (χ2n) is 4.23. The van der Waals surface area contributed by atoms with Crippen LogP contribution in [-0.2, 0) is 0 Å². The molecule has 1 rings (SSSR count). The summed E-state index contributed by atoms with van der Waals surface area (Å²) in [5, 5.41) is 8.92. The quantitative estimate of drug-likeness (QED) is 0.872. The van der Waals surface area contributed by atoms with Gasteiger partial charge in [0.15, 0.2) is 0 Å². The zero-order chi connectivity index (χ0) is 13.7. The van der Waals surface area contributed by atoms with E-state index in [-0.39, 0.29) is 17.5 Å². The van der Waals surface area contributed by atoms with Gasteiger partial charge in [-0.25, -0.2) is 4.79 Å². The summed E-state index contributed by atoms with van der Waals surface area (Å²) in [7, 11) is 0. The van der Waals surface area contributed by atoms with E-state index in [2.05, 4.69) is 0 Å². The molecule has 98 valence electrons. The Labute approximate surface area is 107 Å². The van der Waals surface area contributed by atoms with Crippen molar-refractivity contribution in [2.24, 2.45) is 0 Å². The van der Waals surface area contributed by atoms with Crippen molar-refractivity contribution in [1.29, 1.82) is 0 Å². The molecule has 0 aromatic heterocycles. The molecule has 0 heterocycles. The summed E-state index contributed by atoms with van der Waals surface area (Å²) in [4.78, 5) is 24.9. The Kier molecular flexibility index (Phi) is 4.89. The Hall–Kier alpha value is -1.84. The summed E-state index contributed by atoms with van der Waals surface area (Å²) in [6, 6.07) is 6.31. The van der Waals surface area contributed by atoms with Crippen LogP contribution in [0.15, 0.2) is 24.3 Å². The van der Waals surface area contributed by atoms with Crippen molar-refractivity contribution < 1.29 is 14.7 Å². The minimum absolute atomic E-state index is 0.116. The molecule has 1 amide bonds. The van der Waals surface area contributed by atoms with Gasteiger partial charge < -0.3 is 10.0 Å². The zero-order valence-electron chi connectivity index (χ0n) is 11.0. The SMILES string of the molecule is CCC(C)N(CC)C(=O)c1cccc(C(=O)O)c1. The molecule has 0 spiro atoms. The summed E-state index contributed by atoms with van der Waals surface area (Å²) < 4.78 is 0. The number of carboxylic acids is 1. The maximum absolute atomic E-state index is 12.3. The lowest BCUT2D eigenvalue weighted by Gasteiger charge is -2.27. The molecule has 0 aliphatic heterocycles. The second kappa shape index (κ2) is 6.19. The Balaban J connectivity index is 3.02. The number of nitrogens with zero attached hydrogens (tertiary/aromatic N) is 1. The van der Waals surface area contributed by atoms with Gasteiger partial charge in [-0.3, -0.25) is 4.79 Å².